The molecule has 3 aliphatic rings. The van der Waals surface area contributed by atoms with Crippen molar-refractivity contribution >= 4 is 0 Å². The topological polar surface area (TPSA) is 0 Å². The SMILES string of the molecule is C1=CCC2C3CCC(C3)C2CC=CCC1. The van der Waals surface area contributed by atoms with Gasteiger partial charge in [-0.05, 0) is 68.6 Å². The van der Waals surface area contributed by atoms with E-state index in [0.717, 1.165) is 23.7 Å². The first kappa shape index (κ1) is 9.69. The van der Waals surface area contributed by atoms with Crippen molar-refractivity contribution in [2.45, 2.75) is 44.9 Å². The molecule has 15 heavy (non-hydrogen) atoms. The zero-order valence-corrected chi connectivity index (χ0v) is 9.57. The van der Waals surface area contributed by atoms with Gasteiger partial charge < -0.3 is 0 Å². The predicted molar refractivity (Wildman–Crippen MR) is 64.6 cm³/mol. The largest absolute Gasteiger partial charge is 0.0882 e. The summed E-state index contributed by atoms with van der Waals surface area (Å²) in [4.78, 5) is 0. The van der Waals surface area contributed by atoms with Gasteiger partial charge in [0.1, 0.15) is 0 Å². The number of rotatable bonds is 0. The van der Waals surface area contributed by atoms with Crippen molar-refractivity contribution in [2.75, 3.05) is 0 Å². The number of hydrogen-bond acceptors (Lipinski definition) is 0. The van der Waals surface area contributed by atoms with Crippen LogP contribution < -0.4 is 0 Å². The van der Waals surface area contributed by atoms with Gasteiger partial charge in [0.25, 0.3) is 0 Å². The van der Waals surface area contributed by atoms with E-state index < -0.39 is 0 Å². The van der Waals surface area contributed by atoms with Gasteiger partial charge in [-0.2, -0.15) is 0 Å². The minimum atomic E-state index is 1.03. The Morgan fingerprint density at radius 1 is 0.667 bits per heavy atom. The molecule has 0 aromatic rings. The van der Waals surface area contributed by atoms with Gasteiger partial charge in [-0.25, -0.2) is 0 Å². The van der Waals surface area contributed by atoms with Crippen molar-refractivity contribution in [3.8, 4) is 0 Å². The maximum Gasteiger partial charge on any atom is -0.0316 e. The van der Waals surface area contributed by atoms with Crippen LogP contribution in [0.2, 0.25) is 0 Å². The molecule has 0 aliphatic heterocycles. The van der Waals surface area contributed by atoms with Gasteiger partial charge in [0.05, 0.1) is 0 Å². The van der Waals surface area contributed by atoms with Crippen LogP contribution in [0.15, 0.2) is 24.3 Å². The fraction of sp³-hybridized carbons (Fsp3) is 0.733. The van der Waals surface area contributed by atoms with E-state index in [2.05, 4.69) is 24.3 Å². The normalized spacial score (nSPS) is 44.3. The van der Waals surface area contributed by atoms with Crippen LogP contribution in [-0.2, 0) is 0 Å². The van der Waals surface area contributed by atoms with Crippen molar-refractivity contribution < 1.29 is 0 Å². The van der Waals surface area contributed by atoms with Crippen LogP contribution in [0.25, 0.3) is 0 Å². The maximum absolute atomic E-state index is 2.47. The van der Waals surface area contributed by atoms with Crippen LogP contribution in [0, 0.1) is 23.7 Å². The highest BCUT2D eigenvalue weighted by Crippen LogP contribution is 2.54. The summed E-state index contributed by atoms with van der Waals surface area (Å²) in [6.07, 6.45) is 19.6. The molecule has 0 spiro atoms. The first-order chi connectivity index (χ1) is 7.45. The third-order valence-electron chi connectivity index (χ3n) is 4.92. The summed E-state index contributed by atoms with van der Waals surface area (Å²) in [5.41, 5.74) is 0. The minimum Gasteiger partial charge on any atom is -0.0882 e. The highest BCUT2D eigenvalue weighted by Gasteiger charge is 2.45. The van der Waals surface area contributed by atoms with Crippen molar-refractivity contribution in [2.24, 2.45) is 23.7 Å². The average Bonchev–Trinajstić information content (AvgIpc) is 2.85. The third-order valence-corrected chi connectivity index (χ3v) is 4.92. The zero-order valence-electron chi connectivity index (χ0n) is 9.57. The molecule has 0 N–H and O–H groups in total. The maximum atomic E-state index is 2.47. The lowest BCUT2D eigenvalue weighted by Gasteiger charge is -2.30. The van der Waals surface area contributed by atoms with Gasteiger partial charge in [-0.3, -0.25) is 0 Å². The Balaban J connectivity index is 1.77. The third kappa shape index (κ3) is 1.79. The molecule has 3 rings (SSSR count). The summed E-state index contributed by atoms with van der Waals surface area (Å²) in [6, 6.07) is 0. The molecule has 0 aromatic carbocycles. The summed E-state index contributed by atoms with van der Waals surface area (Å²) < 4.78 is 0. The molecule has 0 saturated heterocycles. The molecule has 0 heteroatoms. The molecular formula is C15H22. The zero-order chi connectivity index (χ0) is 10.1. The second kappa shape index (κ2) is 4.15. The van der Waals surface area contributed by atoms with E-state index in [1.165, 1.54) is 38.5 Å². The Hall–Kier alpha value is -0.520. The fourth-order valence-corrected chi connectivity index (χ4v) is 4.20. The molecule has 0 amide bonds. The van der Waals surface area contributed by atoms with Crippen LogP contribution in [0.5, 0.6) is 0 Å². The minimum absolute atomic E-state index is 1.03. The van der Waals surface area contributed by atoms with Gasteiger partial charge in [0.2, 0.25) is 0 Å². The van der Waals surface area contributed by atoms with Crippen LogP contribution >= 0.6 is 0 Å². The molecule has 4 unspecified atom stereocenters. The van der Waals surface area contributed by atoms with Gasteiger partial charge in [0, 0.05) is 0 Å². The molecular weight excluding hydrogens is 180 g/mol. The van der Waals surface area contributed by atoms with E-state index in [9.17, 15) is 0 Å². The van der Waals surface area contributed by atoms with Crippen LogP contribution in [0.3, 0.4) is 0 Å². The summed E-state index contributed by atoms with van der Waals surface area (Å²) in [7, 11) is 0. The molecule has 2 bridgehead atoms. The lowest BCUT2D eigenvalue weighted by Crippen LogP contribution is -2.21. The van der Waals surface area contributed by atoms with Crippen LogP contribution in [0.1, 0.15) is 44.9 Å². The van der Waals surface area contributed by atoms with Gasteiger partial charge >= 0.3 is 0 Å². The molecule has 0 radical (unpaired) electrons. The second-order valence-electron chi connectivity index (χ2n) is 5.65. The standard InChI is InChI=1S/C15H22/c1-2-4-6-8-15-13-10-9-12(11-13)14(15)7-5-3-1/h3-6,12-15H,1-2,7-11H2. The fourth-order valence-electron chi connectivity index (χ4n) is 4.20. The molecule has 0 heterocycles. The number of fused-ring (bicyclic) bond motifs is 5. The van der Waals surface area contributed by atoms with E-state index in [0.29, 0.717) is 0 Å². The van der Waals surface area contributed by atoms with Crippen molar-refractivity contribution in [3.63, 3.8) is 0 Å². The quantitative estimate of drug-likeness (QED) is 0.513. The first-order valence-electron chi connectivity index (χ1n) is 6.75. The van der Waals surface area contributed by atoms with E-state index in [4.69, 9.17) is 0 Å². The highest BCUT2D eigenvalue weighted by molar-refractivity contribution is 5.03. The van der Waals surface area contributed by atoms with E-state index in [1.54, 1.807) is 6.42 Å². The summed E-state index contributed by atoms with van der Waals surface area (Å²) in [5, 5.41) is 0. The summed E-state index contributed by atoms with van der Waals surface area (Å²) in [6.45, 7) is 0. The molecule has 0 aromatic heterocycles. The van der Waals surface area contributed by atoms with E-state index in [-0.39, 0.29) is 0 Å². The Morgan fingerprint density at radius 2 is 1.20 bits per heavy atom. The molecule has 4 atom stereocenters. The van der Waals surface area contributed by atoms with Crippen molar-refractivity contribution in [1.29, 1.82) is 0 Å². The molecule has 2 saturated carbocycles. The Morgan fingerprint density at radius 3 is 1.73 bits per heavy atom. The van der Waals surface area contributed by atoms with Crippen LogP contribution in [0.4, 0.5) is 0 Å². The Labute approximate surface area is 93.5 Å². The smallest absolute Gasteiger partial charge is 0.0316 e. The molecule has 3 aliphatic carbocycles. The van der Waals surface area contributed by atoms with Gasteiger partial charge in [0.15, 0.2) is 0 Å². The van der Waals surface area contributed by atoms with E-state index >= 15 is 0 Å². The number of allylic oxidation sites excluding steroid dienone is 4. The van der Waals surface area contributed by atoms with Crippen molar-refractivity contribution in [3.05, 3.63) is 24.3 Å². The molecule has 82 valence electrons. The summed E-state index contributed by atoms with van der Waals surface area (Å²) >= 11 is 0. The lowest BCUT2D eigenvalue weighted by atomic mass is 9.75. The number of hydrogen-bond donors (Lipinski definition) is 0. The van der Waals surface area contributed by atoms with E-state index in [1.807, 2.05) is 0 Å². The van der Waals surface area contributed by atoms with Gasteiger partial charge in [-0.1, -0.05) is 24.3 Å². The van der Waals surface area contributed by atoms with Crippen molar-refractivity contribution in [1.82, 2.24) is 0 Å². The second-order valence-corrected chi connectivity index (χ2v) is 5.65. The summed E-state index contributed by atoms with van der Waals surface area (Å²) in [5.74, 6) is 4.22. The first-order valence-corrected chi connectivity index (χ1v) is 6.75. The lowest BCUT2D eigenvalue weighted by molar-refractivity contribution is 0.224. The highest BCUT2D eigenvalue weighted by atomic mass is 14.5. The average molecular weight is 202 g/mol. The van der Waals surface area contributed by atoms with Crippen LogP contribution in [-0.4, -0.2) is 0 Å². The molecule has 0 nitrogen and oxygen atoms in total. The Bertz CT molecular complexity index is 246. The predicted octanol–water partition coefficient (Wildman–Crippen LogP) is 4.34. The molecule has 2 fully saturated rings. The van der Waals surface area contributed by atoms with Gasteiger partial charge in [-0.15, -0.1) is 0 Å². The monoisotopic (exact) mass is 202 g/mol. The Kier molecular flexibility index (Phi) is 2.68.